The third-order valence-electron chi connectivity index (χ3n) is 3.68. The maximum absolute atomic E-state index is 12.5. The van der Waals surface area contributed by atoms with Crippen LogP contribution < -0.4 is 5.32 Å². The summed E-state index contributed by atoms with van der Waals surface area (Å²) < 4.78 is 1.02. The number of amides is 1. The Bertz CT molecular complexity index is 1070. The van der Waals surface area contributed by atoms with Crippen molar-refractivity contribution in [3.8, 4) is 0 Å². The molecule has 27 heavy (non-hydrogen) atoms. The molecule has 0 bridgehead atoms. The fourth-order valence-corrected chi connectivity index (χ4v) is 5.13. The Morgan fingerprint density at radius 3 is 2.70 bits per heavy atom. The van der Waals surface area contributed by atoms with E-state index in [0.29, 0.717) is 5.75 Å². The highest BCUT2D eigenvalue weighted by molar-refractivity contribution is 8.00. The van der Waals surface area contributed by atoms with Gasteiger partial charge in [-0.2, -0.15) is 0 Å². The van der Waals surface area contributed by atoms with E-state index in [-0.39, 0.29) is 5.91 Å². The van der Waals surface area contributed by atoms with E-state index < -0.39 is 0 Å². The first-order valence-corrected chi connectivity index (χ1v) is 10.9. The highest BCUT2D eigenvalue weighted by Gasteiger charge is 2.11. The van der Waals surface area contributed by atoms with Crippen LogP contribution in [0, 0.1) is 0 Å². The quantitative estimate of drug-likeness (QED) is 0.333. The summed E-state index contributed by atoms with van der Waals surface area (Å²) in [7, 11) is 0. The third-order valence-corrected chi connectivity index (χ3v) is 6.80. The summed E-state index contributed by atoms with van der Waals surface area (Å²) in [6.45, 7) is 0. The summed E-state index contributed by atoms with van der Waals surface area (Å²) >= 11 is 4.66. The molecule has 4 nitrogen and oxygen atoms in total. The van der Waals surface area contributed by atoms with Gasteiger partial charge in [0, 0.05) is 9.79 Å². The fourth-order valence-electron chi connectivity index (χ4n) is 2.46. The van der Waals surface area contributed by atoms with E-state index in [9.17, 15) is 4.79 Å². The SMILES string of the molecule is O=C(CSc1ncnc2ccsc12)Nc1ccccc1Sc1ccccc1. The van der Waals surface area contributed by atoms with Crippen molar-refractivity contribution < 1.29 is 4.79 Å². The smallest absolute Gasteiger partial charge is 0.234 e. The van der Waals surface area contributed by atoms with Gasteiger partial charge in [0.1, 0.15) is 11.4 Å². The predicted molar refractivity (Wildman–Crippen MR) is 114 cm³/mol. The maximum atomic E-state index is 12.5. The largest absolute Gasteiger partial charge is 0.324 e. The molecule has 0 aliphatic heterocycles. The van der Waals surface area contributed by atoms with Crippen molar-refractivity contribution >= 4 is 56.7 Å². The molecular formula is C20H15N3OS3. The molecule has 4 aromatic rings. The van der Waals surface area contributed by atoms with Crippen LogP contribution in [0.15, 0.2) is 87.2 Å². The normalized spacial score (nSPS) is 10.8. The molecule has 1 N–H and O–H groups in total. The minimum Gasteiger partial charge on any atom is -0.324 e. The summed E-state index contributed by atoms with van der Waals surface area (Å²) in [5, 5.41) is 5.85. The summed E-state index contributed by atoms with van der Waals surface area (Å²) in [4.78, 5) is 23.2. The third kappa shape index (κ3) is 4.50. The summed E-state index contributed by atoms with van der Waals surface area (Å²) in [5.41, 5.74) is 1.74. The van der Waals surface area contributed by atoms with E-state index in [4.69, 9.17) is 0 Å². The summed E-state index contributed by atoms with van der Waals surface area (Å²) in [6.07, 6.45) is 1.54. The number of para-hydroxylation sites is 1. The van der Waals surface area contributed by atoms with Crippen molar-refractivity contribution in [2.75, 3.05) is 11.1 Å². The lowest BCUT2D eigenvalue weighted by molar-refractivity contribution is -0.113. The van der Waals surface area contributed by atoms with Gasteiger partial charge < -0.3 is 5.32 Å². The molecule has 1 amide bonds. The molecule has 0 saturated heterocycles. The van der Waals surface area contributed by atoms with Crippen LogP contribution >= 0.6 is 34.9 Å². The number of thioether (sulfide) groups is 1. The van der Waals surface area contributed by atoms with Crippen LogP contribution in [-0.2, 0) is 4.79 Å². The average Bonchev–Trinajstić information content (AvgIpc) is 3.18. The zero-order valence-electron chi connectivity index (χ0n) is 14.2. The van der Waals surface area contributed by atoms with Gasteiger partial charge in [0.2, 0.25) is 5.91 Å². The molecule has 7 heteroatoms. The van der Waals surface area contributed by atoms with E-state index in [1.807, 2.05) is 53.9 Å². The molecule has 0 atom stereocenters. The first-order valence-electron chi connectivity index (χ1n) is 8.22. The van der Waals surface area contributed by atoms with Gasteiger partial charge >= 0.3 is 0 Å². The van der Waals surface area contributed by atoms with E-state index in [1.54, 1.807) is 29.4 Å². The van der Waals surface area contributed by atoms with Gasteiger partial charge in [-0.05, 0) is 35.7 Å². The second-order valence-electron chi connectivity index (χ2n) is 5.56. The molecule has 0 saturated carbocycles. The maximum Gasteiger partial charge on any atom is 0.234 e. The number of fused-ring (bicyclic) bond motifs is 1. The van der Waals surface area contributed by atoms with E-state index >= 15 is 0 Å². The molecule has 0 aliphatic rings. The first-order chi connectivity index (χ1) is 13.3. The van der Waals surface area contributed by atoms with Gasteiger partial charge in [0.05, 0.1) is 21.7 Å². The Kier molecular flexibility index (Phi) is 5.72. The Hall–Kier alpha value is -2.35. The number of hydrogen-bond donors (Lipinski definition) is 1. The number of thiophene rings is 1. The lowest BCUT2D eigenvalue weighted by atomic mass is 10.3. The molecule has 2 aromatic heterocycles. The summed E-state index contributed by atoms with van der Waals surface area (Å²) in [6, 6.07) is 19.9. The highest BCUT2D eigenvalue weighted by Crippen LogP contribution is 2.33. The number of nitrogens with one attached hydrogen (secondary N) is 1. The zero-order chi connectivity index (χ0) is 18.5. The van der Waals surface area contributed by atoms with Crippen LogP contribution in [-0.4, -0.2) is 21.6 Å². The molecule has 0 unspecified atom stereocenters. The van der Waals surface area contributed by atoms with Crippen LogP contribution in [0.4, 0.5) is 5.69 Å². The number of nitrogens with zero attached hydrogens (tertiary/aromatic N) is 2. The van der Waals surface area contributed by atoms with Crippen molar-refractivity contribution in [2.24, 2.45) is 0 Å². The van der Waals surface area contributed by atoms with E-state index in [0.717, 1.165) is 30.7 Å². The number of carbonyl (C=O) groups is 1. The van der Waals surface area contributed by atoms with Gasteiger partial charge in [0.25, 0.3) is 0 Å². The summed E-state index contributed by atoms with van der Waals surface area (Å²) in [5.74, 6) is 0.248. The molecule has 0 radical (unpaired) electrons. The molecule has 0 spiro atoms. The van der Waals surface area contributed by atoms with Crippen LogP contribution in [0.1, 0.15) is 0 Å². The Morgan fingerprint density at radius 2 is 1.81 bits per heavy atom. The second-order valence-corrected chi connectivity index (χ2v) is 8.56. The van der Waals surface area contributed by atoms with Crippen molar-refractivity contribution in [3.63, 3.8) is 0 Å². The molecule has 4 rings (SSSR count). The standard InChI is InChI=1S/C20H15N3OS3/c24-18(12-26-20-19-16(10-11-25-19)21-13-22-20)23-15-8-4-5-9-17(15)27-14-6-2-1-3-7-14/h1-11,13H,12H2,(H,23,24). The van der Waals surface area contributed by atoms with E-state index in [1.165, 1.54) is 11.8 Å². The van der Waals surface area contributed by atoms with Crippen molar-refractivity contribution in [3.05, 3.63) is 72.4 Å². The van der Waals surface area contributed by atoms with Crippen LogP contribution in [0.25, 0.3) is 10.2 Å². The Morgan fingerprint density at radius 1 is 1.00 bits per heavy atom. The molecule has 0 fully saturated rings. The van der Waals surface area contributed by atoms with Gasteiger partial charge in [0.15, 0.2) is 0 Å². The fraction of sp³-hybridized carbons (Fsp3) is 0.0500. The van der Waals surface area contributed by atoms with Crippen molar-refractivity contribution in [1.29, 1.82) is 0 Å². The van der Waals surface area contributed by atoms with Gasteiger partial charge in [-0.3, -0.25) is 4.79 Å². The number of hydrogen-bond acceptors (Lipinski definition) is 6. The van der Waals surface area contributed by atoms with Crippen LogP contribution in [0.5, 0.6) is 0 Å². The first kappa shape index (κ1) is 18.0. The number of anilines is 1. The van der Waals surface area contributed by atoms with Gasteiger partial charge in [-0.15, -0.1) is 11.3 Å². The van der Waals surface area contributed by atoms with Crippen molar-refractivity contribution in [1.82, 2.24) is 9.97 Å². The topological polar surface area (TPSA) is 54.9 Å². The molecule has 2 heterocycles. The molecular weight excluding hydrogens is 394 g/mol. The van der Waals surface area contributed by atoms with Gasteiger partial charge in [-0.25, -0.2) is 9.97 Å². The minimum absolute atomic E-state index is 0.0515. The molecule has 134 valence electrons. The monoisotopic (exact) mass is 409 g/mol. The zero-order valence-corrected chi connectivity index (χ0v) is 16.6. The Labute approximate surface area is 169 Å². The minimum atomic E-state index is -0.0515. The van der Waals surface area contributed by atoms with E-state index in [2.05, 4.69) is 27.4 Å². The molecule has 2 aromatic carbocycles. The lowest BCUT2D eigenvalue weighted by Gasteiger charge is -2.10. The number of benzene rings is 2. The number of carbonyl (C=O) groups excluding carboxylic acids is 1. The van der Waals surface area contributed by atoms with Crippen LogP contribution in [0.2, 0.25) is 0 Å². The lowest BCUT2D eigenvalue weighted by Crippen LogP contribution is -2.14. The highest BCUT2D eigenvalue weighted by atomic mass is 32.2. The molecule has 0 aliphatic carbocycles. The second kappa shape index (κ2) is 8.56. The number of aromatic nitrogens is 2. The Balaban J connectivity index is 1.43. The van der Waals surface area contributed by atoms with Gasteiger partial charge in [-0.1, -0.05) is 53.9 Å². The number of rotatable bonds is 6. The predicted octanol–water partition coefficient (Wildman–Crippen LogP) is 5.57. The average molecular weight is 410 g/mol. The van der Waals surface area contributed by atoms with Crippen LogP contribution in [0.3, 0.4) is 0 Å². The van der Waals surface area contributed by atoms with Crippen molar-refractivity contribution in [2.45, 2.75) is 14.8 Å².